The first-order valence-corrected chi connectivity index (χ1v) is 21.3. The van der Waals surface area contributed by atoms with Gasteiger partial charge in [-0.15, -0.1) is 0 Å². The number of nitrogens with zero attached hydrogens (tertiary/aromatic N) is 1. The Hall–Kier alpha value is -0.640. The summed E-state index contributed by atoms with van der Waals surface area (Å²) in [6.45, 7) is 8.03. The topological polar surface area (TPSA) is 263 Å². The van der Waals surface area contributed by atoms with Gasteiger partial charge >= 0.3 is 0 Å². The van der Waals surface area contributed by atoms with Crippen LogP contribution in [0.3, 0.4) is 0 Å². The molecular weight excluding hydrogens is 730 g/mol. The normalized spacial score (nSPS) is 43.4. The molecule has 12 N–H and O–H groups in total. The molecule has 0 aromatic rings. The van der Waals surface area contributed by atoms with Crippen LogP contribution < -0.4 is 11.5 Å². The van der Waals surface area contributed by atoms with E-state index >= 15 is 0 Å². The van der Waals surface area contributed by atoms with Crippen molar-refractivity contribution in [2.75, 3.05) is 33.9 Å². The van der Waals surface area contributed by atoms with E-state index in [2.05, 4.69) is 0 Å². The summed E-state index contributed by atoms with van der Waals surface area (Å²) in [5, 5.41) is 93.0. The lowest BCUT2D eigenvalue weighted by Crippen LogP contribution is -2.91. The van der Waals surface area contributed by atoms with Crippen molar-refractivity contribution in [1.82, 2.24) is 4.90 Å². The lowest BCUT2D eigenvalue weighted by Gasteiger charge is -2.71. The van der Waals surface area contributed by atoms with Crippen molar-refractivity contribution in [2.45, 2.75) is 220 Å². The minimum Gasteiger partial charge on any atom is -0.394 e. The molecule has 0 bridgehead atoms. The lowest BCUT2D eigenvalue weighted by atomic mass is 9.52. The zero-order chi connectivity index (χ0) is 42.1. The fourth-order valence-corrected chi connectivity index (χ4v) is 9.47. The van der Waals surface area contributed by atoms with Crippen LogP contribution in [-0.2, 0) is 23.7 Å². The standard InChI is InChI=1S/C40H79N3O13/c1-8-13-18-36(25-46)38(50,20-15-10-3)39(51,21-16-11-4)37(42,19-14-9-2)40(56-36,22-17-12-5)55-33-27(24-45)53-35(29(31(33)48)43(6)7)54-32-26(23-44)52-34(49)28(41)30(32)47/h26-35,44-51H,8-25,41-42H2,1-7H3/t26-,27-,28-,29-,30-,31-,32?,33?,34-,35+,36-,37-,38-,39-,40+/m1/s1. The van der Waals surface area contributed by atoms with Crippen LogP contribution in [0, 0.1) is 0 Å². The van der Waals surface area contributed by atoms with E-state index in [-0.39, 0.29) is 32.1 Å². The van der Waals surface area contributed by atoms with Gasteiger partial charge in [0.25, 0.3) is 0 Å². The van der Waals surface area contributed by atoms with Crippen LogP contribution in [0.25, 0.3) is 0 Å². The maximum Gasteiger partial charge on any atom is 0.190 e. The van der Waals surface area contributed by atoms with Gasteiger partial charge < -0.3 is 76.0 Å². The zero-order valence-electron chi connectivity index (χ0n) is 35.2. The van der Waals surface area contributed by atoms with E-state index in [1.165, 1.54) is 0 Å². The number of likely N-dealkylation sites (N-methyl/N-ethyl adjacent to an activating group) is 1. The second-order valence-electron chi connectivity index (χ2n) is 16.9. The van der Waals surface area contributed by atoms with Crippen molar-refractivity contribution in [3.8, 4) is 0 Å². The number of aliphatic hydroxyl groups excluding tert-OH is 6. The van der Waals surface area contributed by atoms with E-state index < -0.39 is 109 Å². The van der Waals surface area contributed by atoms with Gasteiger partial charge in [0.05, 0.1) is 31.9 Å². The first-order valence-electron chi connectivity index (χ1n) is 21.3. The molecule has 3 heterocycles. The van der Waals surface area contributed by atoms with Crippen molar-refractivity contribution >= 4 is 0 Å². The molecule has 3 aliphatic rings. The summed E-state index contributed by atoms with van der Waals surface area (Å²) in [5.41, 5.74) is 6.14. The van der Waals surface area contributed by atoms with Crippen molar-refractivity contribution in [2.24, 2.45) is 11.5 Å². The van der Waals surface area contributed by atoms with Crippen LogP contribution in [-0.4, -0.2) is 169 Å². The molecule has 3 fully saturated rings. The third kappa shape index (κ3) is 9.16. The molecule has 0 saturated carbocycles. The molecule has 15 atom stereocenters. The number of rotatable bonds is 23. The van der Waals surface area contributed by atoms with Crippen molar-refractivity contribution in [1.29, 1.82) is 0 Å². The summed E-state index contributed by atoms with van der Waals surface area (Å²) in [7, 11) is 3.35. The third-order valence-electron chi connectivity index (χ3n) is 12.9. The Morgan fingerprint density at radius 3 is 1.68 bits per heavy atom. The van der Waals surface area contributed by atoms with E-state index in [1.54, 1.807) is 19.0 Å². The predicted octanol–water partition coefficient (Wildman–Crippen LogP) is 0.731. The van der Waals surface area contributed by atoms with Crippen LogP contribution in [0.4, 0.5) is 0 Å². The quantitative estimate of drug-likeness (QED) is 0.0682. The Bertz CT molecular complexity index is 1160. The molecule has 0 amide bonds. The molecule has 16 heteroatoms. The minimum absolute atomic E-state index is 0.0937. The van der Waals surface area contributed by atoms with E-state index in [0.29, 0.717) is 64.2 Å². The van der Waals surface area contributed by atoms with E-state index in [1.807, 2.05) is 34.6 Å². The van der Waals surface area contributed by atoms with E-state index in [9.17, 15) is 40.9 Å². The Kier molecular flexibility index (Phi) is 18.9. The highest BCUT2D eigenvalue weighted by atomic mass is 16.8. The first-order chi connectivity index (χ1) is 26.5. The highest BCUT2D eigenvalue weighted by Gasteiger charge is 2.79. The summed E-state index contributed by atoms with van der Waals surface area (Å²) in [4.78, 5) is 1.63. The Balaban J connectivity index is 2.29. The molecule has 16 nitrogen and oxygen atoms in total. The van der Waals surface area contributed by atoms with E-state index in [0.717, 1.165) is 0 Å². The Morgan fingerprint density at radius 2 is 1.16 bits per heavy atom. The summed E-state index contributed by atoms with van der Waals surface area (Å²) in [6, 6.07) is -2.31. The molecular formula is C40H79N3O13. The third-order valence-corrected chi connectivity index (χ3v) is 12.9. The predicted molar refractivity (Wildman–Crippen MR) is 209 cm³/mol. The molecule has 0 spiro atoms. The van der Waals surface area contributed by atoms with Crippen LogP contribution in [0.15, 0.2) is 0 Å². The average molecular weight is 810 g/mol. The van der Waals surface area contributed by atoms with Crippen molar-refractivity contribution in [3.05, 3.63) is 0 Å². The van der Waals surface area contributed by atoms with Gasteiger partial charge in [0.2, 0.25) is 0 Å². The maximum absolute atomic E-state index is 13.6. The van der Waals surface area contributed by atoms with Crippen LogP contribution in [0.5, 0.6) is 0 Å². The van der Waals surface area contributed by atoms with Crippen LogP contribution in [0.2, 0.25) is 0 Å². The van der Waals surface area contributed by atoms with Crippen molar-refractivity contribution < 1.29 is 64.5 Å². The number of unbranched alkanes of at least 4 members (excludes halogenated alkanes) is 5. The molecule has 332 valence electrons. The second-order valence-corrected chi connectivity index (χ2v) is 16.9. The molecule has 2 unspecified atom stereocenters. The highest BCUT2D eigenvalue weighted by molar-refractivity contribution is 5.29. The molecule has 0 aromatic carbocycles. The summed E-state index contributed by atoms with van der Waals surface area (Å²) in [6.07, 6.45) is -4.24. The van der Waals surface area contributed by atoms with Gasteiger partial charge in [0, 0.05) is 6.42 Å². The van der Waals surface area contributed by atoms with Gasteiger partial charge in [0.1, 0.15) is 59.0 Å². The molecule has 0 aliphatic carbocycles. The molecule has 3 saturated heterocycles. The number of hydrogen-bond acceptors (Lipinski definition) is 16. The van der Waals surface area contributed by atoms with Crippen LogP contribution >= 0.6 is 0 Å². The molecule has 3 aliphatic heterocycles. The number of nitrogens with two attached hydrogens (primary N) is 2. The fraction of sp³-hybridized carbons (Fsp3) is 1.00. The highest BCUT2D eigenvalue weighted by Crippen LogP contribution is 2.61. The summed E-state index contributed by atoms with van der Waals surface area (Å²) in [5.74, 6) is -1.93. The molecule has 0 radical (unpaired) electrons. The average Bonchev–Trinajstić information content (AvgIpc) is 3.18. The van der Waals surface area contributed by atoms with Gasteiger partial charge in [-0.2, -0.15) is 0 Å². The summed E-state index contributed by atoms with van der Waals surface area (Å²) < 4.78 is 32.4. The summed E-state index contributed by atoms with van der Waals surface area (Å²) >= 11 is 0. The van der Waals surface area contributed by atoms with Crippen molar-refractivity contribution in [3.63, 3.8) is 0 Å². The molecule has 0 aromatic heterocycles. The van der Waals surface area contributed by atoms with Crippen LogP contribution in [0.1, 0.15) is 131 Å². The SMILES string of the molecule is CCCC[C@]1(CO)O[C@](CCCC)(OC2[C@@H](CO)O[C@@H](OC3[C@@H](CO)O[C@@H](O)[C@H](N)[C@H]3O)[C@H](N(C)C)[C@H]2O)[C@@](N)(CCCC)[C@](O)(CCCC)[C@@]1(O)CCCC. The fourth-order valence-electron chi connectivity index (χ4n) is 9.47. The van der Waals surface area contributed by atoms with Gasteiger partial charge in [-0.3, -0.25) is 4.90 Å². The monoisotopic (exact) mass is 810 g/mol. The van der Waals surface area contributed by atoms with Gasteiger partial charge in [-0.05, 0) is 46.2 Å². The van der Waals surface area contributed by atoms with E-state index in [4.69, 9.17) is 35.2 Å². The first kappa shape index (κ1) is 49.7. The van der Waals surface area contributed by atoms with Gasteiger partial charge in [-0.1, -0.05) is 92.4 Å². The largest absolute Gasteiger partial charge is 0.394 e. The minimum atomic E-state index is -2.05. The van der Waals surface area contributed by atoms with Gasteiger partial charge in [0.15, 0.2) is 18.4 Å². The number of hydrogen-bond donors (Lipinski definition) is 10. The number of ether oxygens (including phenoxy) is 5. The zero-order valence-corrected chi connectivity index (χ0v) is 35.2. The number of aliphatic hydroxyl groups is 8. The lowest BCUT2D eigenvalue weighted by molar-refractivity contribution is -0.463. The Labute approximate surface area is 334 Å². The molecule has 56 heavy (non-hydrogen) atoms. The maximum atomic E-state index is 13.6. The Morgan fingerprint density at radius 1 is 0.661 bits per heavy atom. The smallest absolute Gasteiger partial charge is 0.190 e. The van der Waals surface area contributed by atoms with Gasteiger partial charge in [-0.25, -0.2) is 0 Å². The molecule has 3 rings (SSSR count). The second kappa shape index (κ2) is 21.2.